The van der Waals surface area contributed by atoms with Crippen LogP contribution in [0.15, 0.2) is 29.8 Å². The number of fused-ring (bicyclic) bond motifs is 1. The molecule has 0 saturated carbocycles. The van der Waals surface area contributed by atoms with E-state index >= 15 is 0 Å². The van der Waals surface area contributed by atoms with Gasteiger partial charge in [0.25, 0.3) is 5.91 Å². The van der Waals surface area contributed by atoms with Gasteiger partial charge in [-0.1, -0.05) is 18.2 Å². The smallest absolute Gasteiger partial charge is 0.270 e. The van der Waals surface area contributed by atoms with Crippen LogP contribution in [0.2, 0.25) is 0 Å². The lowest BCUT2D eigenvalue weighted by atomic mass is 9.99. The lowest BCUT2D eigenvalue weighted by molar-refractivity contribution is 0.0872. The Hall–Kier alpha value is -1.72. The molecule has 1 aliphatic rings. The van der Waals surface area contributed by atoms with Gasteiger partial charge in [-0.15, -0.1) is 11.3 Å². The van der Waals surface area contributed by atoms with Gasteiger partial charge < -0.3 is 9.64 Å². The van der Waals surface area contributed by atoms with Crippen molar-refractivity contribution in [2.75, 3.05) is 18.6 Å². The highest BCUT2D eigenvalue weighted by atomic mass is 32.1. The lowest BCUT2D eigenvalue weighted by Crippen LogP contribution is -2.43. The fraction of sp³-hybridized carbons (Fsp3) is 0.333. The summed E-state index contributed by atoms with van der Waals surface area (Å²) in [6, 6.07) is 8.01. The van der Waals surface area contributed by atoms with Gasteiger partial charge in [0.15, 0.2) is 0 Å². The van der Waals surface area contributed by atoms with E-state index in [9.17, 15) is 4.79 Å². The van der Waals surface area contributed by atoms with Gasteiger partial charge >= 0.3 is 0 Å². The number of hydrogen-bond acceptors (Lipinski definition) is 4. The zero-order valence-corrected chi connectivity index (χ0v) is 12.3. The molecule has 1 atom stereocenters. The summed E-state index contributed by atoms with van der Waals surface area (Å²) in [6.07, 6.45) is 0.889. The quantitative estimate of drug-likeness (QED) is 0.853. The molecular weight excluding hydrogens is 272 g/mol. The highest BCUT2D eigenvalue weighted by Gasteiger charge is 2.30. The number of benzene rings is 1. The Labute approximate surface area is 122 Å². The number of amides is 1. The number of para-hydroxylation sites is 1. The van der Waals surface area contributed by atoms with Crippen LogP contribution in [0.4, 0.5) is 5.69 Å². The van der Waals surface area contributed by atoms with Crippen molar-refractivity contribution in [2.45, 2.75) is 19.4 Å². The molecular formula is C15H16N2O2S. The molecule has 2 aromatic rings. The minimum atomic E-state index is 0.0131. The fourth-order valence-electron chi connectivity index (χ4n) is 2.54. The molecule has 5 heteroatoms. The largest absolute Gasteiger partial charge is 0.379 e. The molecule has 1 aromatic heterocycles. The second-order valence-corrected chi connectivity index (χ2v) is 5.73. The molecule has 0 saturated heterocycles. The molecule has 0 unspecified atom stereocenters. The Morgan fingerprint density at radius 3 is 2.95 bits per heavy atom. The number of anilines is 1. The van der Waals surface area contributed by atoms with Crippen molar-refractivity contribution < 1.29 is 9.53 Å². The summed E-state index contributed by atoms with van der Waals surface area (Å²) in [6.45, 7) is 2.46. The number of methoxy groups -OCH3 is 1. The molecule has 1 aliphatic heterocycles. The number of thiazole rings is 1. The molecule has 0 spiro atoms. The third kappa shape index (κ3) is 2.23. The van der Waals surface area contributed by atoms with Gasteiger partial charge in [-0.25, -0.2) is 4.98 Å². The third-order valence-corrected chi connectivity index (χ3v) is 4.55. The van der Waals surface area contributed by atoms with E-state index in [1.54, 1.807) is 12.6 Å². The lowest BCUT2D eigenvalue weighted by Gasteiger charge is -2.33. The summed E-state index contributed by atoms with van der Waals surface area (Å²) in [4.78, 5) is 19.4. The molecule has 1 amide bonds. The molecule has 104 valence electrons. The highest BCUT2D eigenvalue weighted by Crippen LogP contribution is 2.30. The minimum absolute atomic E-state index is 0.0131. The molecule has 1 aromatic carbocycles. The Bertz CT molecular complexity index is 638. The van der Waals surface area contributed by atoms with Gasteiger partial charge in [0.05, 0.1) is 23.9 Å². The van der Waals surface area contributed by atoms with Crippen molar-refractivity contribution in [3.8, 4) is 0 Å². The number of aromatic nitrogens is 1. The number of aryl methyl sites for hydroxylation is 1. The topological polar surface area (TPSA) is 42.4 Å². The number of ether oxygens (including phenoxy) is 1. The van der Waals surface area contributed by atoms with Crippen LogP contribution >= 0.6 is 11.3 Å². The van der Waals surface area contributed by atoms with E-state index < -0.39 is 0 Å². The first-order valence-electron chi connectivity index (χ1n) is 6.53. The van der Waals surface area contributed by atoms with E-state index in [0.717, 1.165) is 23.4 Å². The van der Waals surface area contributed by atoms with Crippen LogP contribution in [0.5, 0.6) is 0 Å². The van der Waals surface area contributed by atoms with E-state index in [-0.39, 0.29) is 12.0 Å². The second kappa shape index (κ2) is 5.34. The predicted molar refractivity (Wildman–Crippen MR) is 79.5 cm³/mol. The monoisotopic (exact) mass is 288 g/mol. The average Bonchev–Trinajstić information content (AvgIpc) is 2.91. The Morgan fingerprint density at radius 2 is 2.25 bits per heavy atom. The van der Waals surface area contributed by atoms with Gasteiger partial charge in [0.1, 0.15) is 4.88 Å². The van der Waals surface area contributed by atoms with Gasteiger partial charge in [-0.05, 0) is 18.6 Å². The molecule has 3 rings (SSSR count). The van der Waals surface area contributed by atoms with Crippen molar-refractivity contribution in [3.63, 3.8) is 0 Å². The fourth-order valence-corrected chi connectivity index (χ4v) is 3.29. The highest BCUT2D eigenvalue weighted by molar-refractivity contribution is 7.12. The van der Waals surface area contributed by atoms with E-state index in [0.29, 0.717) is 11.4 Å². The number of nitrogens with zero attached hydrogens (tertiary/aromatic N) is 2. The summed E-state index contributed by atoms with van der Waals surface area (Å²) < 4.78 is 5.47. The Morgan fingerprint density at radius 1 is 1.45 bits per heavy atom. The van der Waals surface area contributed by atoms with Gasteiger partial charge in [-0.3, -0.25) is 4.79 Å². The van der Waals surface area contributed by atoms with Crippen LogP contribution in [0.25, 0.3) is 0 Å². The molecule has 0 aliphatic carbocycles. The van der Waals surface area contributed by atoms with Gasteiger partial charge in [-0.2, -0.15) is 0 Å². The standard InChI is InChI=1S/C15H16N2O2S/c1-10-14(20-9-16-10)15(18)17-8-12(19-2)7-11-5-3-4-6-13(11)17/h3-6,9,12H,7-8H2,1-2H3/t12-/m0/s1. The zero-order chi connectivity index (χ0) is 14.1. The van der Waals surface area contributed by atoms with Crippen LogP contribution in [-0.2, 0) is 11.2 Å². The van der Waals surface area contributed by atoms with Gasteiger partial charge in [0.2, 0.25) is 0 Å². The Balaban J connectivity index is 2.00. The van der Waals surface area contributed by atoms with Crippen LogP contribution in [0.1, 0.15) is 20.9 Å². The van der Waals surface area contributed by atoms with E-state index in [4.69, 9.17) is 4.74 Å². The normalized spacial score (nSPS) is 17.9. The van der Waals surface area contributed by atoms with Crippen LogP contribution in [0, 0.1) is 6.92 Å². The van der Waals surface area contributed by atoms with Crippen molar-refractivity contribution in [1.29, 1.82) is 0 Å². The van der Waals surface area contributed by atoms with Crippen LogP contribution in [0.3, 0.4) is 0 Å². The first-order valence-corrected chi connectivity index (χ1v) is 7.41. The third-order valence-electron chi connectivity index (χ3n) is 3.63. The Kier molecular flexibility index (Phi) is 3.54. The summed E-state index contributed by atoms with van der Waals surface area (Å²) in [5.41, 5.74) is 4.64. The summed E-state index contributed by atoms with van der Waals surface area (Å²) in [5.74, 6) is 0.0131. The van der Waals surface area contributed by atoms with E-state index in [1.165, 1.54) is 11.3 Å². The van der Waals surface area contributed by atoms with Crippen molar-refractivity contribution >= 4 is 22.9 Å². The molecule has 0 radical (unpaired) electrons. The van der Waals surface area contributed by atoms with Crippen LogP contribution in [-0.4, -0.2) is 30.6 Å². The maximum atomic E-state index is 12.7. The summed E-state index contributed by atoms with van der Waals surface area (Å²) in [7, 11) is 1.69. The number of carbonyl (C=O) groups excluding carboxylic acids is 1. The average molecular weight is 288 g/mol. The van der Waals surface area contributed by atoms with E-state index in [1.807, 2.05) is 30.0 Å². The molecule has 4 nitrogen and oxygen atoms in total. The number of hydrogen-bond donors (Lipinski definition) is 0. The van der Waals surface area contributed by atoms with Gasteiger partial charge in [0, 0.05) is 19.2 Å². The molecule has 0 bridgehead atoms. The molecule has 0 fully saturated rings. The van der Waals surface area contributed by atoms with Crippen molar-refractivity contribution in [3.05, 3.63) is 45.9 Å². The zero-order valence-electron chi connectivity index (χ0n) is 11.5. The van der Waals surface area contributed by atoms with Crippen LogP contribution < -0.4 is 4.90 Å². The SMILES string of the molecule is CO[C@H]1Cc2ccccc2N(C(=O)c2scnc2C)C1. The number of carbonyl (C=O) groups is 1. The number of rotatable bonds is 2. The first-order chi connectivity index (χ1) is 9.70. The van der Waals surface area contributed by atoms with Crippen molar-refractivity contribution in [2.24, 2.45) is 0 Å². The molecule has 0 N–H and O–H groups in total. The summed E-state index contributed by atoms with van der Waals surface area (Å²) >= 11 is 1.39. The molecule has 20 heavy (non-hydrogen) atoms. The minimum Gasteiger partial charge on any atom is -0.379 e. The maximum absolute atomic E-state index is 12.7. The molecule has 2 heterocycles. The van der Waals surface area contributed by atoms with E-state index in [2.05, 4.69) is 11.1 Å². The predicted octanol–water partition coefficient (Wildman–Crippen LogP) is 2.67. The maximum Gasteiger partial charge on any atom is 0.270 e. The first kappa shape index (κ1) is 13.3. The second-order valence-electron chi connectivity index (χ2n) is 4.87. The van der Waals surface area contributed by atoms with Crippen molar-refractivity contribution in [1.82, 2.24) is 4.98 Å². The summed E-state index contributed by atoms with van der Waals surface area (Å²) in [5, 5.41) is 0.